The molecule has 0 unspecified atom stereocenters. The van der Waals surface area contributed by atoms with Crippen molar-refractivity contribution in [2.45, 2.75) is 19.0 Å². The van der Waals surface area contributed by atoms with Gasteiger partial charge in [-0.3, -0.25) is 4.79 Å². The van der Waals surface area contributed by atoms with Crippen LogP contribution in [0.2, 0.25) is 0 Å². The molecule has 2 atom stereocenters. The van der Waals surface area contributed by atoms with Gasteiger partial charge in [-0.1, -0.05) is 54.6 Å². The highest BCUT2D eigenvalue weighted by Crippen LogP contribution is 2.39. The van der Waals surface area contributed by atoms with Crippen LogP contribution in [0.5, 0.6) is 5.75 Å². The van der Waals surface area contributed by atoms with E-state index in [9.17, 15) is 4.79 Å². The molecule has 170 valence electrons. The highest BCUT2D eigenvalue weighted by Gasteiger charge is 2.42. The van der Waals surface area contributed by atoms with Crippen LogP contribution in [0.25, 0.3) is 0 Å². The summed E-state index contributed by atoms with van der Waals surface area (Å²) >= 11 is 0. The van der Waals surface area contributed by atoms with Gasteiger partial charge < -0.3 is 19.4 Å². The normalized spacial score (nSPS) is 19.5. The Morgan fingerprint density at radius 2 is 1.73 bits per heavy atom. The number of anilines is 2. The van der Waals surface area contributed by atoms with Crippen molar-refractivity contribution in [3.05, 3.63) is 90.0 Å². The van der Waals surface area contributed by atoms with Crippen LogP contribution in [-0.2, 0) is 17.8 Å². The minimum Gasteiger partial charge on any atom is -0.497 e. The Morgan fingerprint density at radius 3 is 2.45 bits per heavy atom. The molecule has 1 amide bonds. The van der Waals surface area contributed by atoms with Gasteiger partial charge in [-0.25, -0.2) is 0 Å². The van der Waals surface area contributed by atoms with Gasteiger partial charge in [0.25, 0.3) is 0 Å². The number of methoxy groups -OCH3 is 1. The van der Waals surface area contributed by atoms with Gasteiger partial charge in [-0.05, 0) is 35.7 Å². The molecule has 0 N–H and O–H groups in total. The number of rotatable bonds is 5. The summed E-state index contributed by atoms with van der Waals surface area (Å²) in [6.45, 7) is 3.26. The number of carbonyl (C=O) groups excluding carboxylic acids is 1. The first-order chi connectivity index (χ1) is 16.1. The maximum atomic E-state index is 13.8. The van der Waals surface area contributed by atoms with Crippen molar-refractivity contribution in [1.82, 2.24) is 4.90 Å². The Balaban J connectivity index is 1.45. The lowest BCUT2D eigenvalue weighted by molar-refractivity contribution is -0.135. The number of fused-ring (bicyclic) bond motifs is 3. The number of nitrogens with zero attached hydrogens (tertiary/aromatic N) is 3. The number of hydrogen-bond acceptors (Lipinski definition) is 4. The zero-order valence-corrected chi connectivity index (χ0v) is 19.4. The SMILES string of the molecule is COc1ccc2c(c1)N1CCN(c3ccccc3)C[C@@H]1[C@@H](C(=O)N(C)Cc1ccccc1)C2. The van der Waals surface area contributed by atoms with Crippen molar-refractivity contribution in [2.75, 3.05) is 43.6 Å². The number of amides is 1. The van der Waals surface area contributed by atoms with E-state index in [0.717, 1.165) is 37.4 Å². The molecule has 1 saturated heterocycles. The zero-order valence-electron chi connectivity index (χ0n) is 19.4. The molecule has 2 aliphatic rings. The molecule has 2 aliphatic heterocycles. The third-order valence-corrected chi connectivity index (χ3v) is 7.00. The highest BCUT2D eigenvalue weighted by molar-refractivity contribution is 5.82. The van der Waals surface area contributed by atoms with E-state index >= 15 is 0 Å². The van der Waals surface area contributed by atoms with Crippen LogP contribution in [0.1, 0.15) is 11.1 Å². The molecule has 3 aromatic rings. The monoisotopic (exact) mass is 441 g/mol. The van der Waals surface area contributed by atoms with Gasteiger partial charge in [0.15, 0.2) is 0 Å². The Morgan fingerprint density at radius 1 is 1.00 bits per heavy atom. The predicted molar refractivity (Wildman–Crippen MR) is 133 cm³/mol. The molecule has 2 heterocycles. The number of piperazine rings is 1. The minimum absolute atomic E-state index is 0.0916. The summed E-state index contributed by atoms with van der Waals surface area (Å²) in [6.07, 6.45) is 0.751. The summed E-state index contributed by atoms with van der Waals surface area (Å²) in [7, 11) is 3.64. The fraction of sp³-hybridized carbons (Fsp3) is 0.321. The van der Waals surface area contributed by atoms with Crippen molar-refractivity contribution >= 4 is 17.3 Å². The second-order valence-electron chi connectivity index (χ2n) is 9.03. The molecular formula is C28H31N3O2. The van der Waals surface area contributed by atoms with Crippen LogP contribution in [0.15, 0.2) is 78.9 Å². The van der Waals surface area contributed by atoms with Crippen molar-refractivity contribution in [2.24, 2.45) is 5.92 Å². The maximum absolute atomic E-state index is 13.8. The fourth-order valence-corrected chi connectivity index (χ4v) is 5.28. The van der Waals surface area contributed by atoms with Crippen LogP contribution < -0.4 is 14.5 Å². The van der Waals surface area contributed by atoms with E-state index in [4.69, 9.17) is 4.74 Å². The second kappa shape index (κ2) is 9.18. The van der Waals surface area contributed by atoms with Crippen LogP contribution >= 0.6 is 0 Å². The van der Waals surface area contributed by atoms with Crippen molar-refractivity contribution in [3.63, 3.8) is 0 Å². The van der Waals surface area contributed by atoms with Crippen molar-refractivity contribution in [3.8, 4) is 5.75 Å². The molecule has 5 heteroatoms. The van der Waals surface area contributed by atoms with Gasteiger partial charge in [0.1, 0.15) is 5.75 Å². The average molecular weight is 442 g/mol. The molecule has 5 nitrogen and oxygen atoms in total. The number of hydrogen-bond donors (Lipinski definition) is 0. The van der Waals surface area contributed by atoms with E-state index in [0.29, 0.717) is 6.54 Å². The Hall–Kier alpha value is -3.47. The third-order valence-electron chi connectivity index (χ3n) is 7.00. The summed E-state index contributed by atoms with van der Waals surface area (Å²) in [6, 6.07) is 27.1. The summed E-state index contributed by atoms with van der Waals surface area (Å²) in [5.41, 5.74) is 4.81. The molecule has 5 rings (SSSR count). The Labute approximate surface area is 196 Å². The van der Waals surface area contributed by atoms with Crippen LogP contribution in [0.4, 0.5) is 11.4 Å². The zero-order chi connectivity index (χ0) is 22.8. The van der Waals surface area contributed by atoms with E-state index in [-0.39, 0.29) is 17.9 Å². The van der Waals surface area contributed by atoms with Crippen molar-refractivity contribution in [1.29, 1.82) is 0 Å². The van der Waals surface area contributed by atoms with Gasteiger partial charge in [0.05, 0.1) is 19.1 Å². The molecule has 33 heavy (non-hydrogen) atoms. The highest BCUT2D eigenvalue weighted by atomic mass is 16.5. The molecule has 0 bridgehead atoms. The fourth-order valence-electron chi connectivity index (χ4n) is 5.28. The minimum atomic E-state index is -0.0916. The van der Waals surface area contributed by atoms with Gasteiger partial charge >= 0.3 is 0 Å². The summed E-state index contributed by atoms with van der Waals surface area (Å²) < 4.78 is 5.52. The van der Waals surface area contributed by atoms with Crippen LogP contribution in [0, 0.1) is 5.92 Å². The summed E-state index contributed by atoms with van der Waals surface area (Å²) in [4.78, 5) is 20.6. The van der Waals surface area contributed by atoms with E-state index < -0.39 is 0 Å². The number of ether oxygens (including phenoxy) is 1. The molecule has 1 fully saturated rings. The lowest BCUT2D eigenvalue weighted by Crippen LogP contribution is -2.61. The van der Waals surface area contributed by atoms with E-state index in [1.54, 1.807) is 7.11 Å². The van der Waals surface area contributed by atoms with Crippen molar-refractivity contribution < 1.29 is 9.53 Å². The molecule has 0 radical (unpaired) electrons. The van der Waals surface area contributed by atoms with E-state index in [1.165, 1.54) is 16.9 Å². The van der Waals surface area contributed by atoms with E-state index in [1.807, 2.05) is 42.3 Å². The predicted octanol–water partition coefficient (Wildman–Crippen LogP) is 4.22. The van der Waals surface area contributed by atoms with Gasteiger partial charge in [-0.2, -0.15) is 0 Å². The molecule has 0 aromatic heterocycles. The first-order valence-corrected chi connectivity index (χ1v) is 11.7. The number of benzene rings is 3. The topological polar surface area (TPSA) is 36.0 Å². The lowest BCUT2D eigenvalue weighted by Gasteiger charge is -2.50. The first kappa shape index (κ1) is 21.4. The maximum Gasteiger partial charge on any atom is 0.228 e. The standard InChI is InChI=1S/C28H31N3O2/c1-29(19-21-9-5-3-6-10-21)28(32)25-17-22-13-14-24(33-2)18-26(22)31-16-15-30(20-27(25)31)23-11-7-4-8-12-23/h3-14,18,25,27H,15-17,19-20H2,1-2H3/t25-,27+/m0/s1. The van der Waals surface area contributed by atoms with Gasteiger partial charge in [0, 0.05) is 50.7 Å². The average Bonchev–Trinajstić information content (AvgIpc) is 2.88. The van der Waals surface area contributed by atoms with Gasteiger partial charge in [0.2, 0.25) is 5.91 Å². The molecule has 0 saturated carbocycles. The molecule has 0 aliphatic carbocycles. The smallest absolute Gasteiger partial charge is 0.228 e. The largest absolute Gasteiger partial charge is 0.497 e. The summed E-state index contributed by atoms with van der Waals surface area (Å²) in [5, 5.41) is 0. The molecule has 0 spiro atoms. The third kappa shape index (κ3) is 4.28. The number of para-hydroxylation sites is 1. The molecule has 3 aromatic carbocycles. The second-order valence-corrected chi connectivity index (χ2v) is 9.03. The quantitative estimate of drug-likeness (QED) is 0.594. The molecular weight excluding hydrogens is 410 g/mol. The van der Waals surface area contributed by atoms with E-state index in [2.05, 4.69) is 58.3 Å². The number of carbonyl (C=O) groups is 1. The Kier molecular flexibility index (Phi) is 5.95. The summed E-state index contributed by atoms with van der Waals surface area (Å²) in [5.74, 6) is 0.986. The van der Waals surface area contributed by atoms with Crippen LogP contribution in [-0.4, -0.2) is 50.6 Å². The van der Waals surface area contributed by atoms with Crippen LogP contribution in [0.3, 0.4) is 0 Å². The first-order valence-electron chi connectivity index (χ1n) is 11.7. The lowest BCUT2D eigenvalue weighted by atomic mass is 9.82. The van der Waals surface area contributed by atoms with Gasteiger partial charge in [-0.15, -0.1) is 0 Å². The Bertz CT molecular complexity index is 1100.